The van der Waals surface area contributed by atoms with Gasteiger partial charge >= 0.3 is 0 Å². The SMILES string of the molecule is CN(Cc1ccc(Br)cc1)C(=O)CC1(CS)CC1. The van der Waals surface area contributed by atoms with Gasteiger partial charge in [-0.25, -0.2) is 0 Å². The number of rotatable bonds is 5. The Morgan fingerprint density at radius 1 is 1.39 bits per heavy atom. The molecule has 1 aromatic carbocycles. The largest absolute Gasteiger partial charge is 0.341 e. The minimum Gasteiger partial charge on any atom is -0.341 e. The molecular formula is C14H18BrNOS. The topological polar surface area (TPSA) is 20.3 Å². The van der Waals surface area contributed by atoms with Gasteiger partial charge in [-0.15, -0.1) is 0 Å². The molecule has 18 heavy (non-hydrogen) atoms. The van der Waals surface area contributed by atoms with Crippen LogP contribution in [0.25, 0.3) is 0 Å². The summed E-state index contributed by atoms with van der Waals surface area (Å²) in [4.78, 5) is 13.9. The van der Waals surface area contributed by atoms with E-state index in [1.54, 1.807) is 0 Å². The highest BCUT2D eigenvalue weighted by atomic mass is 79.9. The zero-order valence-electron chi connectivity index (χ0n) is 10.5. The second kappa shape index (κ2) is 5.66. The molecule has 0 radical (unpaired) electrons. The molecule has 1 aromatic rings. The van der Waals surface area contributed by atoms with Crippen molar-refractivity contribution >= 4 is 34.5 Å². The number of nitrogens with zero attached hydrogens (tertiary/aromatic N) is 1. The minimum atomic E-state index is 0.203. The first-order valence-electron chi connectivity index (χ1n) is 6.14. The minimum absolute atomic E-state index is 0.203. The lowest BCUT2D eigenvalue weighted by molar-refractivity contribution is -0.131. The fourth-order valence-corrected chi connectivity index (χ4v) is 2.67. The van der Waals surface area contributed by atoms with Crippen LogP contribution in [0.1, 0.15) is 24.8 Å². The van der Waals surface area contributed by atoms with Gasteiger partial charge in [-0.3, -0.25) is 4.79 Å². The zero-order chi connectivity index (χ0) is 13.2. The van der Waals surface area contributed by atoms with Gasteiger partial charge in [-0.1, -0.05) is 28.1 Å². The average molecular weight is 328 g/mol. The summed E-state index contributed by atoms with van der Waals surface area (Å²) in [6.45, 7) is 0.675. The van der Waals surface area contributed by atoms with E-state index in [1.807, 2.05) is 36.2 Å². The van der Waals surface area contributed by atoms with Crippen molar-refractivity contribution in [2.24, 2.45) is 5.41 Å². The molecule has 1 aliphatic carbocycles. The van der Waals surface area contributed by atoms with Gasteiger partial charge in [0, 0.05) is 24.5 Å². The Labute approximate surface area is 122 Å². The van der Waals surface area contributed by atoms with Crippen LogP contribution in [0.5, 0.6) is 0 Å². The van der Waals surface area contributed by atoms with Gasteiger partial charge in [0.25, 0.3) is 0 Å². The second-order valence-corrected chi connectivity index (χ2v) is 6.44. The van der Waals surface area contributed by atoms with E-state index in [0.29, 0.717) is 13.0 Å². The molecule has 0 unspecified atom stereocenters. The van der Waals surface area contributed by atoms with Gasteiger partial charge in [0.15, 0.2) is 0 Å². The van der Waals surface area contributed by atoms with E-state index < -0.39 is 0 Å². The summed E-state index contributed by atoms with van der Waals surface area (Å²) in [5.74, 6) is 1.05. The molecule has 0 spiro atoms. The average Bonchev–Trinajstić information content (AvgIpc) is 3.12. The van der Waals surface area contributed by atoms with E-state index >= 15 is 0 Å². The number of thiol groups is 1. The van der Waals surface area contributed by atoms with Gasteiger partial charge in [0.1, 0.15) is 0 Å². The predicted molar refractivity (Wildman–Crippen MR) is 80.8 cm³/mol. The lowest BCUT2D eigenvalue weighted by Gasteiger charge is -2.20. The van der Waals surface area contributed by atoms with Gasteiger partial charge in [-0.05, 0) is 41.7 Å². The van der Waals surface area contributed by atoms with Crippen LogP contribution in [0, 0.1) is 5.41 Å². The molecule has 0 saturated heterocycles. The molecule has 4 heteroatoms. The summed E-state index contributed by atoms with van der Waals surface area (Å²) in [6.07, 6.45) is 2.94. The molecule has 0 aliphatic heterocycles. The first-order valence-corrected chi connectivity index (χ1v) is 7.56. The van der Waals surface area contributed by atoms with Crippen molar-refractivity contribution in [1.82, 2.24) is 4.90 Å². The van der Waals surface area contributed by atoms with Crippen molar-refractivity contribution in [1.29, 1.82) is 0 Å². The van der Waals surface area contributed by atoms with Crippen molar-refractivity contribution in [2.45, 2.75) is 25.8 Å². The number of amides is 1. The summed E-state index contributed by atoms with van der Waals surface area (Å²) >= 11 is 7.75. The molecule has 2 nitrogen and oxygen atoms in total. The van der Waals surface area contributed by atoms with Crippen molar-refractivity contribution in [3.8, 4) is 0 Å². The normalized spacial score (nSPS) is 16.4. The van der Waals surface area contributed by atoms with Crippen molar-refractivity contribution in [3.05, 3.63) is 34.3 Å². The van der Waals surface area contributed by atoms with Crippen LogP contribution in [0.4, 0.5) is 0 Å². The molecule has 1 fully saturated rings. The fourth-order valence-electron chi connectivity index (χ4n) is 1.98. The van der Waals surface area contributed by atoms with Crippen LogP contribution in [-0.4, -0.2) is 23.6 Å². The summed E-state index contributed by atoms with van der Waals surface area (Å²) in [7, 11) is 1.87. The molecule has 1 saturated carbocycles. The van der Waals surface area contributed by atoms with Gasteiger partial charge in [0.2, 0.25) is 5.91 Å². The van der Waals surface area contributed by atoms with Gasteiger partial charge in [0.05, 0.1) is 0 Å². The van der Waals surface area contributed by atoms with E-state index in [1.165, 1.54) is 0 Å². The molecule has 0 atom stereocenters. The Balaban J connectivity index is 1.89. The van der Waals surface area contributed by atoms with Crippen LogP contribution < -0.4 is 0 Å². The molecule has 98 valence electrons. The summed E-state index contributed by atoms with van der Waals surface area (Å²) < 4.78 is 1.06. The first-order chi connectivity index (χ1) is 8.54. The van der Waals surface area contributed by atoms with Crippen LogP contribution in [0.3, 0.4) is 0 Å². The molecule has 0 aromatic heterocycles. The maximum atomic E-state index is 12.1. The number of halogens is 1. The molecular weight excluding hydrogens is 310 g/mol. The quantitative estimate of drug-likeness (QED) is 0.820. The van der Waals surface area contributed by atoms with Crippen molar-refractivity contribution < 1.29 is 4.79 Å². The lowest BCUT2D eigenvalue weighted by atomic mass is 10.0. The Hall–Kier alpha value is -0.480. The molecule has 1 aliphatic rings. The van der Waals surface area contributed by atoms with Crippen molar-refractivity contribution in [2.75, 3.05) is 12.8 Å². The van der Waals surface area contributed by atoms with Crippen LogP contribution >= 0.6 is 28.6 Å². The summed E-state index contributed by atoms with van der Waals surface area (Å²) in [5.41, 5.74) is 1.36. The zero-order valence-corrected chi connectivity index (χ0v) is 13.0. The third-order valence-corrected chi connectivity index (χ3v) is 4.78. The highest BCUT2D eigenvalue weighted by Crippen LogP contribution is 2.49. The summed E-state index contributed by atoms with van der Waals surface area (Å²) in [5, 5.41) is 0. The maximum absolute atomic E-state index is 12.1. The number of carbonyl (C=O) groups excluding carboxylic acids is 1. The highest BCUT2D eigenvalue weighted by molar-refractivity contribution is 9.10. The molecule has 0 heterocycles. The monoisotopic (exact) mass is 327 g/mol. The van der Waals surface area contributed by atoms with Crippen molar-refractivity contribution in [3.63, 3.8) is 0 Å². The smallest absolute Gasteiger partial charge is 0.223 e. The standard InChI is InChI=1S/C14H18BrNOS/c1-16(9-11-2-4-12(15)5-3-11)13(17)8-14(10-18)6-7-14/h2-5,18H,6-10H2,1H3. The molecule has 0 bridgehead atoms. The van der Waals surface area contributed by atoms with E-state index in [0.717, 1.165) is 28.6 Å². The van der Waals surface area contributed by atoms with E-state index in [4.69, 9.17) is 0 Å². The third-order valence-electron chi connectivity index (χ3n) is 3.58. The second-order valence-electron chi connectivity index (χ2n) is 5.21. The van der Waals surface area contributed by atoms with E-state index in [9.17, 15) is 4.79 Å². The Morgan fingerprint density at radius 3 is 2.50 bits per heavy atom. The molecule has 0 N–H and O–H groups in total. The fraction of sp³-hybridized carbons (Fsp3) is 0.500. The lowest BCUT2D eigenvalue weighted by Crippen LogP contribution is -2.28. The first kappa shape index (κ1) is 13.9. The number of hydrogen-bond acceptors (Lipinski definition) is 2. The molecule has 2 rings (SSSR count). The van der Waals surface area contributed by atoms with Gasteiger partial charge in [-0.2, -0.15) is 12.6 Å². The van der Waals surface area contributed by atoms with Crippen LogP contribution in [0.15, 0.2) is 28.7 Å². The number of benzene rings is 1. The highest BCUT2D eigenvalue weighted by Gasteiger charge is 2.43. The maximum Gasteiger partial charge on any atom is 0.223 e. The van der Waals surface area contributed by atoms with Gasteiger partial charge < -0.3 is 4.90 Å². The Morgan fingerprint density at radius 2 is 2.00 bits per heavy atom. The third kappa shape index (κ3) is 3.51. The number of hydrogen-bond donors (Lipinski definition) is 1. The molecule has 1 amide bonds. The Bertz CT molecular complexity index is 428. The summed E-state index contributed by atoms with van der Waals surface area (Å²) in [6, 6.07) is 8.09. The van der Waals surface area contributed by atoms with E-state index in [2.05, 4.69) is 28.6 Å². The predicted octanol–water partition coefficient (Wildman–Crippen LogP) is 3.51. The van der Waals surface area contributed by atoms with E-state index in [-0.39, 0.29) is 11.3 Å². The number of carbonyl (C=O) groups is 1. The van der Waals surface area contributed by atoms with Crippen LogP contribution in [-0.2, 0) is 11.3 Å². The van der Waals surface area contributed by atoms with Crippen LogP contribution in [0.2, 0.25) is 0 Å². The Kier molecular flexibility index (Phi) is 4.38.